The van der Waals surface area contributed by atoms with Gasteiger partial charge < -0.3 is 15.0 Å². The summed E-state index contributed by atoms with van der Waals surface area (Å²) in [7, 11) is 0. The second-order valence-electron chi connectivity index (χ2n) is 8.76. The predicted molar refractivity (Wildman–Crippen MR) is 146 cm³/mol. The Balaban J connectivity index is 1.88. The van der Waals surface area contributed by atoms with Gasteiger partial charge in [-0.2, -0.15) is 0 Å². The Kier molecular flexibility index (Phi) is 8.42. The second kappa shape index (κ2) is 11.4. The van der Waals surface area contributed by atoms with E-state index in [1.807, 2.05) is 13.8 Å². The number of aryl methyl sites for hydroxylation is 1. The van der Waals surface area contributed by atoms with E-state index in [-0.39, 0.29) is 44.5 Å². The Morgan fingerprint density at radius 3 is 2.54 bits per heavy atom. The van der Waals surface area contributed by atoms with Gasteiger partial charge in [-0.25, -0.2) is 9.36 Å². The van der Waals surface area contributed by atoms with Crippen molar-refractivity contribution in [1.29, 1.82) is 0 Å². The molecule has 1 atom stereocenters. The van der Waals surface area contributed by atoms with Crippen LogP contribution in [0.25, 0.3) is 15.9 Å². The Labute approximate surface area is 227 Å². The van der Waals surface area contributed by atoms with Gasteiger partial charge in [0.25, 0.3) is 11.5 Å². The van der Waals surface area contributed by atoms with Crippen LogP contribution in [0.3, 0.4) is 0 Å². The van der Waals surface area contributed by atoms with Gasteiger partial charge in [-0.15, -0.1) is 11.3 Å². The standard InChI is InChI=1S/C25H28Cl2N4O5S/c1-4-29(5-2)23(34)21-14(3)20-22(33)31(15-8-9-17(26)18(27)11-15)25(35)30(24(20)37-21)13-19(32)28-12-16-7-6-10-36-16/h8-9,11,16H,4-7,10,12-13H2,1-3H3,(H,28,32)/t16-/m0/s1. The monoisotopic (exact) mass is 566 g/mol. The van der Waals surface area contributed by atoms with Crippen LogP contribution in [0.1, 0.15) is 41.9 Å². The van der Waals surface area contributed by atoms with Crippen LogP contribution in [0.5, 0.6) is 0 Å². The minimum Gasteiger partial charge on any atom is -0.376 e. The second-order valence-corrected chi connectivity index (χ2v) is 10.6. The van der Waals surface area contributed by atoms with E-state index in [0.29, 0.717) is 36.7 Å². The van der Waals surface area contributed by atoms with Crippen molar-refractivity contribution in [3.63, 3.8) is 0 Å². The molecule has 3 aromatic rings. The maximum absolute atomic E-state index is 13.7. The van der Waals surface area contributed by atoms with Crippen LogP contribution in [0, 0.1) is 6.92 Å². The molecule has 2 amide bonds. The summed E-state index contributed by atoms with van der Waals surface area (Å²) in [6, 6.07) is 4.42. The fourth-order valence-electron chi connectivity index (χ4n) is 4.43. The third-order valence-electron chi connectivity index (χ3n) is 6.47. The molecule has 2 aromatic heterocycles. The molecule has 1 aliphatic heterocycles. The van der Waals surface area contributed by atoms with Crippen LogP contribution in [0.15, 0.2) is 27.8 Å². The predicted octanol–water partition coefficient (Wildman–Crippen LogP) is 3.61. The van der Waals surface area contributed by atoms with Crippen molar-refractivity contribution in [3.8, 4) is 5.69 Å². The lowest BCUT2D eigenvalue weighted by Gasteiger charge is -2.17. The number of amides is 2. The summed E-state index contributed by atoms with van der Waals surface area (Å²) in [4.78, 5) is 55.8. The lowest BCUT2D eigenvalue weighted by atomic mass is 10.2. The van der Waals surface area contributed by atoms with Gasteiger partial charge in [-0.05, 0) is 57.4 Å². The number of nitrogens with zero attached hydrogens (tertiary/aromatic N) is 3. The average molecular weight is 567 g/mol. The molecule has 3 heterocycles. The Hall–Kier alpha value is -2.66. The first kappa shape index (κ1) is 27.4. The highest BCUT2D eigenvalue weighted by Crippen LogP contribution is 2.30. The minimum absolute atomic E-state index is 0.0619. The van der Waals surface area contributed by atoms with Crippen molar-refractivity contribution in [1.82, 2.24) is 19.4 Å². The van der Waals surface area contributed by atoms with Gasteiger partial charge in [-0.3, -0.25) is 19.0 Å². The Bertz CT molecular complexity index is 1470. The highest BCUT2D eigenvalue weighted by atomic mass is 35.5. The smallest absolute Gasteiger partial charge is 0.337 e. The number of nitrogens with one attached hydrogen (secondary N) is 1. The number of ether oxygens (including phenoxy) is 1. The quantitative estimate of drug-likeness (QED) is 0.448. The van der Waals surface area contributed by atoms with E-state index < -0.39 is 17.2 Å². The maximum Gasteiger partial charge on any atom is 0.337 e. The van der Waals surface area contributed by atoms with Crippen LogP contribution in [0.2, 0.25) is 10.0 Å². The fourth-order valence-corrected chi connectivity index (χ4v) is 5.98. The van der Waals surface area contributed by atoms with Crippen LogP contribution >= 0.6 is 34.5 Å². The molecule has 0 aliphatic carbocycles. The van der Waals surface area contributed by atoms with Gasteiger partial charge in [0, 0.05) is 26.2 Å². The molecule has 0 radical (unpaired) electrons. The van der Waals surface area contributed by atoms with Crippen molar-refractivity contribution >= 4 is 56.6 Å². The molecule has 0 unspecified atom stereocenters. The maximum atomic E-state index is 13.7. The molecule has 198 valence electrons. The van der Waals surface area contributed by atoms with E-state index in [9.17, 15) is 19.2 Å². The zero-order chi connectivity index (χ0) is 26.9. The van der Waals surface area contributed by atoms with Crippen molar-refractivity contribution in [2.24, 2.45) is 0 Å². The summed E-state index contributed by atoms with van der Waals surface area (Å²) < 4.78 is 7.76. The van der Waals surface area contributed by atoms with Crippen molar-refractivity contribution in [3.05, 3.63) is 59.5 Å². The van der Waals surface area contributed by atoms with Gasteiger partial charge in [0.15, 0.2) is 0 Å². The lowest BCUT2D eigenvalue weighted by Crippen LogP contribution is -2.42. The first-order chi connectivity index (χ1) is 17.7. The largest absolute Gasteiger partial charge is 0.376 e. The minimum atomic E-state index is -0.716. The number of halogens is 2. The number of hydrogen-bond donors (Lipinski definition) is 1. The SMILES string of the molecule is CCN(CC)C(=O)c1sc2c(c1C)c(=O)n(-c1ccc(Cl)c(Cl)c1)c(=O)n2CC(=O)NC[C@@H]1CCCO1. The number of carbonyl (C=O) groups excluding carboxylic acids is 2. The molecule has 0 spiro atoms. The number of thiophene rings is 1. The van der Waals surface area contributed by atoms with Crippen molar-refractivity contribution < 1.29 is 14.3 Å². The van der Waals surface area contributed by atoms with E-state index in [1.165, 1.54) is 22.8 Å². The third kappa shape index (κ3) is 5.34. The number of fused-ring (bicyclic) bond motifs is 1. The summed E-state index contributed by atoms with van der Waals surface area (Å²) in [5, 5.41) is 3.47. The van der Waals surface area contributed by atoms with Gasteiger partial charge in [0.05, 0.1) is 32.1 Å². The Morgan fingerprint density at radius 1 is 1.19 bits per heavy atom. The van der Waals surface area contributed by atoms with E-state index in [0.717, 1.165) is 28.7 Å². The van der Waals surface area contributed by atoms with Gasteiger partial charge in [0.2, 0.25) is 5.91 Å². The first-order valence-electron chi connectivity index (χ1n) is 12.1. The number of carbonyl (C=O) groups is 2. The normalized spacial score (nSPS) is 15.3. The molecule has 4 rings (SSSR count). The average Bonchev–Trinajstić information content (AvgIpc) is 3.51. The molecule has 12 heteroatoms. The zero-order valence-electron chi connectivity index (χ0n) is 20.8. The van der Waals surface area contributed by atoms with Gasteiger partial charge >= 0.3 is 5.69 Å². The molecule has 1 aliphatic rings. The number of hydrogen-bond acceptors (Lipinski definition) is 6. The summed E-state index contributed by atoms with van der Waals surface area (Å²) in [6.07, 6.45) is 1.73. The molecule has 1 saturated heterocycles. The topological polar surface area (TPSA) is 103 Å². The van der Waals surface area contributed by atoms with Crippen molar-refractivity contribution in [2.45, 2.75) is 46.3 Å². The highest BCUT2D eigenvalue weighted by Gasteiger charge is 2.26. The fraction of sp³-hybridized carbons (Fsp3) is 0.440. The lowest BCUT2D eigenvalue weighted by molar-refractivity contribution is -0.122. The van der Waals surface area contributed by atoms with E-state index in [2.05, 4.69) is 5.32 Å². The van der Waals surface area contributed by atoms with E-state index in [4.69, 9.17) is 27.9 Å². The van der Waals surface area contributed by atoms with Crippen molar-refractivity contribution in [2.75, 3.05) is 26.2 Å². The number of rotatable bonds is 8. The molecular formula is C25H28Cl2N4O5S. The van der Waals surface area contributed by atoms with Crippen LogP contribution in [0.4, 0.5) is 0 Å². The highest BCUT2D eigenvalue weighted by molar-refractivity contribution is 7.20. The number of benzene rings is 1. The molecule has 0 saturated carbocycles. The van der Waals surface area contributed by atoms with E-state index >= 15 is 0 Å². The Morgan fingerprint density at radius 2 is 1.92 bits per heavy atom. The third-order valence-corrected chi connectivity index (χ3v) is 8.51. The van der Waals surface area contributed by atoms with Crippen LogP contribution in [-0.4, -0.2) is 58.2 Å². The summed E-state index contributed by atoms with van der Waals surface area (Å²) >= 11 is 13.3. The molecule has 0 bridgehead atoms. The van der Waals surface area contributed by atoms with E-state index in [1.54, 1.807) is 11.8 Å². The molecule has 9 nitrogen and oxygen atoms in total. The summed E-state index contributed by atoms with van der Waals surface area (Å²) in [5.41, 5.74) is -0.640. The zero-order valence-corrected chi connectivity index (χ0v) is 23.1. The number of aromatic nitrogens is 2. The molecule has 37 heavy (non-hydrogen) atoms. The van der Waals surface area contributed by atoms with Gasteiger partial charge in [-0.1, -0.05) is 23.2 Å². The van der Waals surface area contributed by atoms with Gasteiger partial charge in [0.1, 0.15) is 11.4 Å². The van der Waals surface area contributed by atoms with Crippen LogP contribution in [-0.2, 0) is 16.1 Å². The molecule has 1 fully saturated rings. The first-order valence-corrected chi connectivity index (χ1v) is 13.7. The summed E-state index contributed by atoms with van der Waals surface area (Å²) in [5.74, 6) is -0.632. The van der Waals surface area contributed by atoms with Crippen LogP contribution < -0.4 is 16.6 Å². The molecule has 1 aromatic carbocycles. The molecule has 1 N–H and O–H groups in total. The summed E-state index contributed by atoms with van der Waals surface area (Å²) in [6.45, 7) is 7.07. The molecular weight excluding hydrogens is 539 g/mol.